The van der Waals surface area contributed by atoms with E-state index in [1.54, 1.807) is 7.11 Å². The number of ether oxygens (including phenoxy) is 1. The molecule has 2 aliphatic heterocycles. The lowest BCUT2D eigenvalue weighted by Crippen LogP contribution is -2.53. The van der Waals surface area contributed by atoms with E-state index in [4.69, 9.17) is 4.74 Å². The fourth-order valence-corrected chi connectivity index (χ4v) is 3.48. The minimum absolute atomic E-state index is 0. The lowest BCUT2D eigenvalue weighted by Gasteiger charge is -2.42. The molecule has 0 aromatic carbocycles. The van der Waals surface area contributed by atoms with Crippen LogP contribution in [0.4, 0.5) is 0 Å². The summed E-state index contributed by atoms with van der Waals surface area (Å²) in [5, 5.41) is 3.35. The Balaban J connectivity index is 0.00000200. The molecule has 20 heavy (non-hydrogen) atoms. The fourth-order valence-electron chi connectivity index (χ4n) is 3.48. The summed E-state index contributed by atoms with van der Waals surface area (Å²) >= 11 is 0. The van der Waals surface area contributed by atoms with Crippen LogP contribution >= 0.6 is 12.4 Å². The third-order valence-electron chi connectivity index (χ3n) is 4.91. The first-order chi connectivity index (χ1) is 9.22. The van der Waals surface area contributed by atoms with Gasteiger partial charge in [0.1, 0.15) is 0 Å². The van der Waals surface area contributed by atoms with E-state index >= 15 is 0 Å². The van der Waals surface area contributed by atoms with Crippen LogP contribution in [0.15, 0.2) is 0 Å². The van der Waals surface area contributed by atoms with Crippen molar-refractivity contribution in [1.82, 2.24) is 10.2 Å². The summed E-state index contributed by atoms with van der Waals surface area (Å²) in [4.78, 5) is 15.0. The summed E-state index contributed by atoms with van der Waals surface area (Å²) in [5.74, 6) is 1.15. The Morgan fingerprint density at radius 2 is 1.90 bits per heavy atom. The van der Waals surface area contributed by atoms with Crippen LogP contribution in [0.3, 0.4) is 0 Å². The van der Waals surface area contributed by atoms with Crippen molar-refractivity contribution >= 4 is 18.3 Å². The molecule has 0 aromatic rings. The van der Waals surface area contributed by atoms with Gasteiger partial charge in [-0.25, -0.2) is 0 Å². The van der Waals surface area contributed by atoms with E-state index in [2.05, 4.69) is 17.1 Å². The largest absolute Gasteiger partial charge is 0.384 e. The average Bonchev–Trinajstić information content (AvgIpc) is 2.48. The maximum Gasteiger partial charge on any atom is 0.231 e. The van der Waals surface area contributed by atoms with Crippen molar-refractivity contribution in [1.29, 1.82) is 0 Å². The van der Waals surface area contributed by atoms with Crippen LogP contribution in [0, 0.1) is 11.3 Å². The number of carbonyl (C=O) groups excluding carboxylic acids is 1. The summed E-state index contributed by atoms with van der Waals surface area (Å²) in [7, 11) is 1.71. The molecule has 1 amide bonds. The van der Waals surface area contributed by atoms with E-state index < -0.39 is 0 Å². The van der Waals surface area contributed by atoms with Crippen LogP contribution in [0.5, 0.6) is 0 Å². The number of rotatable bonds is 4. The summed E-state index contributed by atoms with van der Waals surface area (Å²) in [6, 6.07) is 0. The Hall–Kier alpha value is -0.320. The number of likely N-dealkylation sites (tertiary alicyclic amines) is 1. The number of hydrogen-bond acceptors (Lipinski definition) is 3. The number of hydrogen-bond donors (Lipinski definition) is 1. The topological polar surface area (TPSA) is 41.6 Å². The zero-order valence-corrected chi connectivity index (χ0v) is 13.6. The van der Waals surface area contributed by atoms with Crippen molar-refractivity contribution < 1.29 is 9.53 Å². The fraction of sp³-hybridized carbons (Fsp3) is 0.933. The standard InChI is InChI=1S/C15H28N2O2.ClH/c1-3-13-4-10-17(11-5-13)14(18)15(12-19-2)6-8-16-9-7-15;/h13,16H,3-12H2,1-2H3;1H. The number of piperidine rings is 2. The molecule has 2 fully saturated rings. The van der Waals surface area contributed by atoms with E-state index in [1.807, 2.05) is 0 Å². The molecule has 5 heteroatoms. The third kappa shape index (κ3) is 3.86. The van der Waals surface area contributed by atoms with Crippen LogP contribution in [0.1, 0.15) is 39.0 Å². The smallest absolute Gasteiger partial charge is 0.231 e. The predicted octanol–water partition coefficient (Wildman–Crippen LogP) is 2.07. The second-order valence-corrected chi connectivity index (χ2v) is 6.11. The van der Waals surface area contributed by atoms with E-state index in [-0.39, 0.29) is 17.8 Å². The van der Waals surface area contributed by atoms with Gasteiger partial charge in [0.05, 0.1) is 12.0 Å². The second kappa shape index (κ2) is 8.20. The molecule has 0 aliphatic carbocycles. The van der Waals surface area contributed by atoms with E-state index in [0.29, 0.717) is 12.5 Å². The number of carbonyl (C=O) groups is 1. The Bertz CT molecular complexity index is 293. The molecule has 2 heterocycles. The van der Waals surface area contributed by atoms with Gasteiger partial charge >= 0.3 is 0 Å². The van der Waals surface area contributed by atoms with Crippen LogP contribution in [0.2, 0.25) is 0 Å². The maximum atomic E-state index is 12.9. The first-order valence-electron chi connectivity index (χ1n) is 7.71. The van der Waals surface area contributed by atoms with Crippen LogP contribution < -0.4 is 5.32 Å². The van der Waals surface area contributed by atoms with Crippen LogP contribution in [-0.2, 0) is 9.53 Å². The van der Waals surface area contributed by atoms with Crippen LogP contribution in [0.25, 0.3) is 0 Å². The highest BCUT2D eigenvalue weighted by atomic mass is 35.5. The van der Waals surface area contributed by atoms with Crippen molar-refractivity contribution in [2.45, 2.75) is 39.0 Å². The highest BCUT2D eigenvalue weighted by Crippen LogP contribution is 2.33. The molecule has 4 nitrogen and oxygen atoms in total. The van der Waals surface area contributed by atoms with Gasteiger partial charge < -0.3 is 15.0 Å². The number of nitrogens with one attached hydrogen (secondary N) is 1. The molecule has 0 atom stereocenters. The summed E-state index contributed by atoms with van der Waals surface area (Å²) in [5.41, 5.74) is -0.265. The van der Waals surface area contributed by atoms with Crippen molar-refractivity contribution in [3.05, 3.63) is 0 Å². The normalized spacial score (nSPS) is 23.2. The lowest BCUT2D eigenvalue weighted by atomic mass is 9.77. The molecule has 0 bridgehead atoms. The van der Waals surface area contributed by atoms with Gasteiger partial charge in [-0.05, 0) is 44.7 Å². The Morgan fingerprint density at radius 1 is 1.30 bits per heavy atom. The molecular formula is C15H29ClN2O2. The predicted molar refractivity (Wildman–Crippen MR) is 83.3 cm³/mol. The van der Waals surface area contributed by atoms with Gasteiger partial charge in [0, 0.05) is 20.2 Å². The van der Waals surface area contributed by atoms with E-state index in [1.165, 1.54) is 19.3 Å². The van der Waals surface area contributed by atoms with E-state index in [9.17, 15) is 4.79 Å². The number of methoxy groups -OCH3 is 1. The molecule has 2 saturated heterocycles. The van der Waals surface area contributed by atoms with Gasteiger partial charge in [-0.1, -0.05) is 13.3 Å². The average molecular weight is 305 g/mol. The van der Waals surface area contributed by atoms with Crippen molar-refractivity contribution in [2.24, 2.45) is 11.3 Å². The number of nitrogens with zero attached hydrogens (tertiary/aromatic N) is 1. The number of amides is 1. The molecule has 1 N–H and O–H groups in total. The minimum Gasteiger partial charge on any atom is -0.384 e. The maximum absolute atomic E-state index is 12.9. The Kier molecular flexibility index (Phi) is 7.27. The summed E-state index contributed by atoms with van der Waals surface area (Å²) in [6.07, 6.45) is 5.41. The van der Waals surface area contributed by atoms with Gasteiger partial charge in [0.25, 0.3) is 0 Å². The van der Waals surface area contributed by atoms with Crippen molar-refractivity contribution in [3.8, 4) is 0 Å². The van der Waals surface area contributed by atoms with Crippen molar-refractivity contribution in [2.75, 3.05) is 39.9 Å². The molecule has 2 rings (SSSR count). The SMILES string of the molecule is CCC1CCN(C(=O)C2(COC)CCNCC2)CC1.Cl. The molecular weight excluding hydrogens is 276 g/mol. The number of halogens is 1. The molecule has 0 aromatic heterocycles. The second-order valence-electron chi connectivity index (χ2n) is 6.11. The zero-order valence-electron chi connectivity index (χ0n) is 12.8. The third-order valence-corrected chi connectivity index (χ3v) is 4.91. The Labute approximate surface area is 129 Å². The zero-order chi connectivity index (χ0) is 13.7. The minimum atomic E-state index is -0.265. The summed E-state index contributed by atoms with van der Waals surface area (Å²) in [6.45, 7) is 6.57. The molecule has 0 spiro atoms. The first kappa shape index (κ1) is 17.7. The van der Waals surface area contributed by atoms with E-state index in [0.717, 1.165) is 44.9 Å². The molecule has 0 radical (unpaired) electrons. The monoisotopic (exact) mass is 304 g/mol. The quantitative estimate of drug-likeness (QED) is 0.864. The molecule has 118 valence electrons. The molecule has 0 unspecified atom stereocenters. The van der Waals surface area contributed by atoms with Gasteiger partial charge in [0.15, 0.2) is 0 Å². The van der Waals surface area contributed by atoms with Crippen molar-refractivity contribution in [3.63, 3.8) is 0 Å². The van der Waals surface area contributed by atoms with Gasteiger partial charge in [-0.15, -0.1) is 12.4 Å². The van der Waals surface area contributed by atoms with Gasteiger partial charge in [0.2, 0.25) is 5.91 Å². The summed E-state index contributed by atoms with van der Waals surface area (Å²) < 4.78 is 5.36. The van der Waals surface area contributed by atoms with Crippen LogP contribution in [-0.4, -0.2) is 50.7 Å². The highest BCUT2D eigenvalue weighted by molar-refractivity contribution is 5.85. The molecule has 0 saturated carbocycles. The highest BCUT2D eigenvalue weighted by Gasteiger charge is 2.42. The lowest BCUT2D eigenvalue weighted by molar-refractivity contribution is -0.149. The molecule has 2 aliphatic rings. The Morgan fingerprint density at radius 3 is 2.40 bits per heavy atom. The van der Waals surface area contributed by atoms with Gasteiger partial charge in [-0.2, -0.15) is 0 Å². The first-order valence-corrected chi connectivity index (χ1v) is 7.71. The van der Waals surface area contributed by atoms with Gasteiger partial charge in [-0.3, -0.25) is 4.79 Å².